The average molecular weight is 418 g/mol. The predicted molar refractivity (Wildman–Crippen MR) is 99.2 cm³/mol. The summed E-state index contributed by atoms with van der Waals surface area (Å²) >= 11 is 0. The van der Waals surface area contributed by atoms with Crippen molar-refractivity contribution in [3.63, 3.8) is 0 Å². The summed E-state index contributed by atoms with van der Waals surface area (Å²) in [5, 5.41) is 0. The molecule has 0 unspecified atom stereocenters. The molecule has 2 fully saturated rings. The molecule has 1 saturated carbocycles. The molecule has 5 nitrogen and oxygen atoms in total. The van der Waals surface area contributed by atoms with E-state index in [0.717, 1.165) is 31.2 Å². The second-order valence-electron chi connectivity index (χ2n) is 7.85. The summed E-state index contributed by atoms with van der Waals surface area (Å²) in [5.41, 5.74) is -1.31. The molecule has 0 bridgehead atoms. The number of rotatable bonds is 4. The number of carbonyl (C=O) groups excluding carboxylic acids is 1. The Balaban J connectivity index is 1.88. The molecular weight excluding hydrogens is 393 g/mol. The third kappa shape index (κ3) is 4.51. The standard InChI is InChI=1S/C19H25F3N2O3S/c1-28(26,27)23-16-8-5-11-24(13-16)17(25)18(9-2-3-10-18)14-6-4-7-15(12-14)19(20,21)22/h4,6-7,12,16,23H,2-3,5,8-11,13H2,1H3/t16-/m1/s1. The minimum absolute atomic E-state index is 0.190. The Morgan fingerprint density at radius 1 is 1.21 bits per heavy atom. The van der Waals surface area contributed by atoms with E-state index in [-0.39, 0.29) is 18.5 Å². The molecule has 0 spiro atoms. The maximum absolute atomic E-state index is 13.5. The van der Waals surface area contributed by atoms with Gasteiger partial charge in [-0.15, -0.1) is 0 Å². The largest absolute Gasteiger partial charge is 0.416 e. The molecule has 3 rings (SSSR count). The highest BCUT2D eigenvalue weighted by Crippen LogP contribution is 2.44. The van der Waals surface area contributed by atoms with Crippen molar-refractivity contribution >= 4 is 15.9 Å². The molecule has 0 radical (unpaired) electrons. The lowest BCUT2D eigenvalue weighted by molar-refractivity contribution is -0.140. The average Bonchev–Trinajstić information content (AvgIpc) is 3.10. The van der Waals surface area contributed by atoms with Crippen LogP contribution >= 0.6 is 0 Å². The van der Waals surface area contributed by atoms with Crippen molar-refractivity contribution in [2.45, 2.75) is 56.2 Å². The normalized spacial score (nSPS) is 23.0. The van der Waals surface area contributed by atoms with Crippen molar-refractivity contribution in [3.05, 3.63) is 35.4 Å². The minimum Gasteiger partial charge on any atom is -0.340 e. The van der Waals surface area contributed by atoms with E-state index < -0.39 is 27.2 Å². The second kappa shape index (κ2) is 7.67. The monoisotopic (exact) mass is 418 g/mol. The van der Waals surface area contributed by atoms with Crippen molar-refractivity contribution in [3.8, 4) is 0 Å². The van der Waals surface area contributed by atoms with Crippen molar-refractivity contribution in [2.75, 3.05) is 19.3 Å². The number of benzene rings is 1. The van der Waals surface area contributed by atoms with Crippen LogP contribution in [0.15, 0.2) is 24.3 Å². The molecule has 1 aliphatic carbocycles. The number of sulfonamides is 1. The molecule has 1 amide bonds. The summed E-state index contributed by atoms with van der Waals surface area (Å²) in [6.45, 7) is 0.730. The Bertz CT molecular complexity index is 833. The van der Waals surface area contributed by atoms with Crippen molar-refractivity contribution < 1.29 is 26.4 Å². The first-order valence-corrected chi connectivity index (χ1v) is 11.3. The van der Waals surface area contributed by atoms with Gasteiger partial charge in [-0.1, -0.05) is 31.0 Å². The van der Waals surface area contributed by atoms with Crippen LogP contribution in [0, 0.1) is 0 Å². The summed E-state index contributed by atoms with van der Waals surface area (Å²) in [6, 6.07) is 4.71. The van der Waals surface area contributed by atoms with Crippen LogP contribution in [0.25, 0.3) is 0 Å². The first-order valence-electron chi connectivity index (χ1n) is 9.46. The lowest BCUT2D eigenvalue weighted by Gasteiger charge is -2.39. The molecule has 9 heteroatoms. The number of alkyl halides is 3. The summed E-state index contributed by atoms with van der Waals surface area (Å²) in [4.78, 5) is 15.1. The maximum atomic E-state index is 13.5. The van der Waals surface area contributed by atoms with Gasteiger partial charge >= 0.3 is 6.18 Å². The number of carbonyl (C=O) groups is 1. The highest BCUT2D eigenvalue weighted by Gasteiger charge is 2.46. The van der Waals surface area contributed by atoms with Crippen LogP contribution in [0.3, 0.4) is 0 Å². The number of nitrogens with one attached hydrogen (secondary N) is 1. The second-order valence-corrected chi connectivity index (χ2v) is 9.63. The van der Waals surface area contributed by atoms with E-state index in [2.05, 4.69) is 4.72 Å². The van der Waals surface area contributed by atoms with Gasteiger partial charge in [0.15, 0.2) is 0 Å². The number of amides is 1. The molecule has 2 aliphatic rings. The van der Waals surface area contributed by atoms with Gasteiger partial charge in [0, 0.05) is 19.1 Å². The number of hydrogen-bond donors (Lipinski definition) is 1. The Hall–Kier alpha value is -1.61. The van der Waals surface area contributed by atoms with Crippen LogP contribution < -0.4 is 4.72 Å². The lowest BCUT2D eigenvalue weighted by Crippen LogP contribution is -2.54. The van der Waals surface area contributed by atoms with Gasteiger partial charge in [0.25, 0.3) is 0 Å². The number of likely N-dealkylation sites (tertiary alicyclic amines) is 1. The van der Waals surface area contributed by atoms with Crippen LogP contribution in [0.5, 0.6) is 0 Å². The number of piperidine rings is 1. The highest BCUT2D eigenvalue weighted by atomic mass is 32.2. The Morgan fingerprint density at radius 3 is 2.50 bits per heavy atom. The summed E-state index contributed by atoms with van der Waals surface area (Å²) < 4.78 is 65.1. The van der Waals surface area contributed by atoms with Gasteiger partial charge in [0.2, 0.25) is 15.9 Å². The summed E-state index contributed by atoms with van der Waals surface area (Å²) in [5.74, 6) is -0.190. The van der Waals surface area contributed by atoms with Crippen LogP contribution in [-0.2, 0) is 26.4 Å². The minimum atomic E-state index is -4.46. The number of halogens is 3. The predicted octanol–water partition coefficient (Wildman–Crippen LogP) is 3.06. The molecular formula is C19H25F3N2O3S. The van der Waals surface area contributed by atoms with E-state index in [1.54, 1.807) is 11.0 Å². The van der Waals surface area contributed by atoms with E-state index in [4.69, 9.17) is 0 Å². The van der Waals surface area contributed by atoms with Gasteiger partial charge in [-0.05, 0) is 37.3 Å². The first-order chi connectivity index (χ1) is 13.0. The molecule has 1 atom stereocenters. The van der Waals surface area contributed by atoms with Gasteiger partial charge in [-0.3, -0.25) is 4.79 Å². The fourth-order valence-corrected chi connectivity index (χ4v) is 5.26. The van der Waals surface area contributed by atoms with Gasteiger partial charge in [-0.2, -0.15) is 13.2 Å². The van der Waals surface area contributed by atoms with E-state index in [0.29, 0.717) is 37.8 Å². The number of hydrogen-bond acceptors (Lipinski definition) is 3. The Morgan fingerprint density at radius 2 is 1.89 bits per heavy atom. The zero-order valence-corrected chi connectivity index (χ0v) is 16.6. The van der Waals surface area contributed by atoms with Crippen molar-refractivity contribution in [1.82, 2.24) is 9.62 Å². The van der Waals surface area contributed by atoms with Crippen LogP contribution in [0.1, 0.15) is 49.7 Å². The SMILES string of the molecule is CS(=O)(=O)N[C@@H]1CCCN(C(=O)C2(c3cccc(C(F)(F)F)c3)CCCC2)C1. The molecule has 28 heavy (non-hydrogen) atoms. The molecule has 1 aromatic rings. The van der Waals surface area contributed by atoms with Gasteiger partial charge in [0.1, 0.15) is 0 Å². The van der Waals surface area contributed by atoms with E-state index >= 15 is 0 Å². The molecule has 1 N–H and O–H groups in total. The Kier molecular flexibility index (Phi) is 5.78. The fourth-order valence-electron chi connectivity index (χ4n) is 4.46. The third-order valence-electron chi connectivity index (χ3n) is 5.70. The molecule has 1 aliphatic heterocycles. The van der Waals surface area contributed by atoms with Crippen molar-refractivity contribution in [2.24, 2.45) is 0 Å². The van der Waals surface area contributed by atoms with E-state index in [9.17, 15) is 26.4 Å². The zero-order chi connectivity index (χ0) is 20.6. The van der Waals surface area contributed by atoms with Gasteiger partial charge < -0.3 is 4.90 Å². The molecule has 156 valence electrons. The van der Waals surface area contributed by atoms with Crippen LogP contribution in [-0.4, -0.2) is 44.6 Å². The smallest absolute Gasteiger partial charge is 0.340 e. The molecule has 1 aromatic carbocycles. The first kappa shape index (κ1) is 21.1. The highest BCUT2D eigenvalue weighted by molar-refractivity contribution is 7.88. The molecule has 0 aromatic heterocycles. The van der Waals surface area contributed by atoms with Crippen LogP contribution in [0.4, 0.5) is 13.2 Å². The maximum Gasteiger partial charge on any atom is 0.416 e. The summed E-state index contributed by atoms with van der Waals surface area (Å²) in [7, 11) is -3.39. The molecule has 1 saturated heterocycles. The number of nitrogens with zero attached hydrogens (tertiary/aromatic N) is 1. The fraction of sp³-hybridized carbons (Fsp3) is 0.632. The Labute approximate surface area is 163 Å². The summed E-state index contributed by atoms with van der Waals surface area (Å²) in [6.07, 6.45) is 0.470. The third-order valence-corrected chi connectivity index (χ3v) is 6.46. The molecule has 1 heterocycles. The van der Waals surface area contributed by atoms with Gasteiger partial charge in [0.05, 0.1) is 17.2 Å². The van der Waals surface area contributed by atoms with Gasteiger partial charge in [-0.25, -0.2) is 13.1 Å². The van der Waals surface area contributed by atoms with E-state index in [1.807, 2.05) is 0 Å². The van der Waals surface area contributed by atoms with E-state index in [1.165, 1.54) is 6.07 Å². The van der Waals surface area contributed by atoms with Crippen molar-refractivity contribution in [1.29, 1.82) is 0 Å². The zero-order valence-electron chi connectivity index (χ0n) is 15.8. The lowest BCUT2D eigenvalue weighted by atomic mass is 9.76. The quantitative estimate of drug-likeness (QED) is 0.817. The van der Waals surface area contributed by atoms with Crippen LogP contribution in [0.2, 0.25) is 0 Å². The topological polar surface area (TPSA) is 66.5 Å².